The van der Waals surface area contributed by atoms with E-state index in [9.17, 15) is 4.57 Å². The lowest BCUT2D eigenvalue weighted by atomic mass is 10.0. The van der Waals surface area contributed by atoms with Gasteiger partial charge in [-0.15, -0.1) is 0 Å². The van der Waals surface area contributed by atoms with Crippen molar-refractivity contribution in [2.24, 2.45) is 0 Å². The molecule has 0 aromatic heterocycles. The summed E-state index contributed by atoms with van der Waals surface area (Å²) in [6, 6.07) is 27.0. The average molecular weight is 410 g/mol. The number of benzene rings is 3. The molecule has 152 valence electrons. The van der Waals surface area contributed by atoms with Crippen LogP contribution in [-0.4, -0.2) is 6.35 Å². The molecule has 3 aromatic rings. The molecule has 0 N–H and O–H groups in total. The summed E-state index contributed by atoms with van der Waals surface area (Å²) in [5.74, 6) is 1.04. The van der Waals surface area contributed by atoms with Crippen LogP contribution in [0.5, 0.6) is 5.75 Å². The molecule has 0 fully saturated rings. The van der Waals surface area contributed by atoms with Crippen LogP contribution in [0.3, 0.4) is 0 Å². The van der Waals surface area contributed by atoms with Crippen LogP contribution in [0, 0.1) is 0 Å². The van der Waals surface area contributed by atoms with Gasteiger partial charge < -0.3 is 13.8 Å². The predicted molar refractivity (Wildman–Crippen MR) is 116 cm³/mol. The average Bonchev–Trinajstić information content (AvgIpc) is 2.77. The first kappa shape index (κ1) is 21.3. The van der Waals surface area contributed by atoms with E-state index in [4.69, 9.17) is 13.8 Å². The van der Waals surface area contributed by atoms with E-state index in [1.165, 1.54) is 0 Å². The summed E-state index contributed by atoms with van der Waals surface area (Å²) in [6.45, 7) is 4.64. The Hall–Kier alpha value is -2.39. The zero-order valence-corrected chi connectivity index (χ0v) is 17.8. The van der Waals surface area contributed by atoms with Crippen molar-refractivity contribution in [3.05, 3.63) is 102 Å². The number of hydrogen-bond donors (Lipinski definition) is 0. The largest absolute Gasteiger partial charge is 0.481 e. The van der Waals surface area contributed by atoms with Gasteiger partial charge in [-0.2, -0.15) is 0 Å². The van der Waals surface area contributed by atoms with E-state index in [1.807, 2.05) is 78.9 Å². The second-order valence-corrected chi connectivity index (χ2v) is 9.13. The van der Waals surface area contributed by atoms with Crippen LogP contribution in [0.25, 0.3) is 0 Å². The van der Waals surface area contributed by atoms with Crippen LogP contribution in [0.15, 0.2) is 84.9 Å². The molecular weight excluding hydrogens is 383 g/mol. The summed E-state index contributed by atoms with van der Waals surface area (Å²) in [6.07, 6.45) is -0.145. The lowest BCUT2D eigenvalue weighted by Gasteiger charge is -2.20. The van der Waals surface area contributed by atoms with Crippen LogP contribution in [0.1, 0.15) is 36.5 Å². The van der Waals surface area contributed by atoms with Crippen molar-refractivity contribution in [3.8, 4) is 5.75 Å². The summed E-state index contributed by atoms with van der Waals surface area (Å²) in [5, 5.41) is 0. The zero-order chi connectivity index (χ0) is 20.5. The minimum absolute atomic E-state index is 0.145. The molecule has 0 aliphatic carbocycles. The van der Waals surface area contributed by atoms with Gasteiger partial charge in [-0.1, -0.05) is 86.6 Å². The standard InChI is InChI=1S/C24H27O4P/c1-20(2)23-14-9-15-24(16-23)26-19-29(25,27-17-21-10-5-3-6-11-21)28-18-22-12-7-4-8-13-22/h3-16,20H,17-19H2,1-2H3. The van der Waals surface area contributed by atoms with E-state index >= 15 is 0 Å². The number of hydrogen-bond acceptors (Lipinski definition) is 4. The second kappa shape index (κ2) is 10.4. The molecule has 0 spiro atoms. The molecule has 0 radical (unpaired) electrons. The van der Waals surface area contributed by atoms with Gasteiger partial charge in [0.1, 0.15) is 5.75 Å². The monoisotopic (exact) mass is 410 g/mol. The number of ether oxygens (including phenoxy) is 1. The zero-order valence-electron chi connectivity index (χ0n) is 16.9. The normalized spacial score (nSPS) is 11.6. The summed E-state index contributed by atoms with van der Waals surface area (Å²) in [4.78, 5) is 0. The fourth-order valence-electron chi connectivity index (χ4n) is 2.72. The molecule has 0 aliphatic heterocycles. The molecule has 0 atom stereocenters. The van der Waals surface area contributed by atoms with Crippen molar-refractivity contribution in [2.75, 3.05) is 6.35 Å². The van der Waals surface area contributed by atoms with Crippen molar-refractivity contribution < 1.29 is 18.3 Å². The highest BCUT2D eigenvalue weighted by Crippen LogP contribution is 2.49. The summed E-state index contributed by atoms with van der Waals surface area (Å²) >= 11 is 0. The minimum Gasteiger partial charge on any atom is -0.481 e. The third kappa shape index (κ3) is 6.86. The molecule has 0 unspecified atom stereocenters. The third-order valence-electron chi connectivity index (χ3n) is 4.46. The summed E-state index contributed by atoms with van der Waals surface area (Å²) < 4.78 is 30.7. The Morgan fingerprint density at radius 3 is 1.83 bits per heavy atom. The van der Waals surface area contributed by atoms with Crippen LogP contribution in [-0.2, 0) is 26.8 Å². The van der Waals surface area contributed by atoms with Crippen molar-refractivity contribution in [1.82, 2.24) is 0 Å². The SMILES string of the molecule is CC(C)c1cccc(OCP(=O)(OCc2ccccc2)OCc2ccccc2)c1. The van der Waals surface area contributed by atoms with Gasteiger partial charge in [-0.05, 0) is 34.7 Å². The van der Waals surface area contributed by atoms with Crippen molar-refractivity contribution in [2.45, 2.75) is 33.0 Å². The van der Waals surface area contributed by atoms with Gasteiger partial charge in [-0.3, -0.25) is 4.57 Å². The van der Waals surface area contributed by atoms with Crippen molar-refractivity contribution >= 4 is 7.60 Å². The van der Waals surface area contributed by atoms with Crippen LogP contribution >= 0.6 is 7.60 Å². The quantitative estimate of drug-likeness (QED) is 0.346. The Morgan fingerprint density at radius 2 is 1.31 bits per heavy atom. The smallest absolute Gasteiger partial charge is 0.368 e. The lowest BCUT2D eigenvalue weighted by Crippen LogP contribution is -2.06. The molecule has 5 heteroatoms. The molecule has 0 saturated carbocycles. The molecular formula is C24H27O4P. The van der Waals surface area contributed by atoms with Crippen LogP contribution in [0.4, 0.5) is 0 Å². The van der Waals surface area contributed by atoms with Gasteiger partial charge in [-0.25, -0.2) is 0 Å². The van der Waals surface area contributed by atoms with E-state index in [0.29, 0.717) is 11.7 Å². The molecule has 0 saturated heterocycles. The predicted octanol–water partition coefficient (Wildman–Crippen LogP) is 6.77. The highest BCUT2D eigenvalue weighted by Gasteiger charge is 2.26. The Bertz CT molecular complexity index is 878. The third-order valence-corrected chi connectivity index (χ3v) is 5.95. The highest BCUT2D eigenvalue weighted by molar-refractivity contribution is 7.53. The molecule has 3 rings (SSSR count). The molecule has 4 nitrogen and oxygen atoms in total. The molecule has 29 heavy (non-hydrogen) atoms. The summed E-state index contributed by atoms with van der Waals surface area (Å²) in [5.41, 5.74) is 3.02. The first-order valence-corrected chi connectivity index (χ1v) is 11.5. The lowest BCUT2D eigenvalue weighted by molar-refractivity contribution is 0.172. The van der Waals surface area contributed by atoms with E-state index in [-0.39, 0.29) is 19.6 Å². The topological polar surface area (TPSA) is 44.8 Å². The fraction of sp³-hybridized carbons (Fsp3) is 0.250. The van der Waals surface area contributed by atoms with Gasteiger partial charge in [0.2, 0.25) is 0 Å². The van der Waals surface area contributed by atoms with Gasteiger partial charge in [0.15, 0.2) is 6.35 Å². The van der Waals surface area contributed by atoms with E-state index in [2.05, 4.69) is 19.9 Å². The van der Waals surface area contributed by atoms with E-state index in [0.717, 1.165) is 16.7 Å². The van der Waals surface area contributed by atoms with Gasteiger partial charge >= 0.3 is 7.60 Å². The number of rotatable bonds is 10. The van der Waals surface area contributed by atoms with Crippen LogP contribution in [0.2, 0.25) is 0 Å². The van der Waals surface area contributed by atoms with Gasteiger partial charge in [0.25, 0.3) is 0 Å². The second-order valence-electron chi connectivity index (χ2n) is 7.13. The van der Waals surface area contributed by atoms with E-state index in [1.54, 1.807) is 0 Å². The minimum atomic E-state index is -3.48. The Morgan fingerprint density at radius 1 is 0.759 bits per heavy atom. The van der Waals surface area contributed by atoms with Gasteiger partial charge in [0.05, 0.1) is 13.2 Å². The molecule has 0 bridgehead atoms. The molecule has 0 aliphatic rings. The fourth-order valence-corrected chi connectivity index (χ4v) is 3.95. The summed E-state index contributed by atoms with van der Waals surface area (Å²) in [7, 11) is -3.48. The molecule has 0 amide bonds. The Balaban J connectivity index is 1.68. The van der Waals surface area contributed by atoms with Crippen LogP contribution < -0.4 is 4.74 Å². The maximum atomic E-state index is 13.4. The van der Waals surface area contributed by atoms with Gasteiger partial charge in [0, 0.05) is 0 Å². The first-order valence-electron chi connectivity index (χ1n) is 9.73. The highest BCUT2D eigenvalue weighted by atomic mass is 31.2. The Kier molecular flexibility index (Phi) is 7.65. The first-order chi connectivity index (χ1) is 14.0. The Labute approximate surface area is 173 Å². The molecule has 3 aromatic carbocycles. The van der Waals surface area contributed by atoms with E-state index < -0.39 is 7.60 Å². The van der Waals surface area contributed by atoms with Crippen molar-refractivity contribution in [3.63, 3.8) is 0 Å². The van der Waals surface area contributed by atoms with Crippen molar-refractivity contribution in [1.29, 1.82) is 0 Å². The maximum absolute atomic E-state index is 13.4. The molecule has 0 heterocycles. The maximum Gasteiger partial charge on any atom is 0.368 e.